The molecule has 1 aromatic carbocycles. The summed E-state index contributed by atoms with van der Waals surface area (Å²) in [4.78, 5) is 15.8. The minimum absolute atomic E-state index is 0.0177. The lowest BCUT2D eigenvalue weighted by Crippen LogP contribution is -2.32. The van der Waals surface area contributed by atoms with Crippen molar-refractivity contribution in [3.63, 3.8) is 0 Å². The molecule has 1 aromatic rings. The molecule has 0 atom stereocenters. The van der Waals surface area contributed by atoms with Gasteiger partial charge in [0.15, 0.2) is 11.8 Å². The minimum atomic E-state index is -0.163. The number of hydrogen-bond donors (Lipinski definition) is 1. The van der Waals surface area contributed by atoms with E-state index >= 15 is 0 Å². The monoisotopic (exact) mass is 264 g/mol. The molecule has 0 aromatic heterocycles. The second-order valence-corrected chi connectivity index (χ2v) is 5.22. The number of nitrogens with one attached hydrogen (secondary N) is 1. The van der Waals surface area contributed by atoms with Gasteiger partial charge in [-0.15, -0.1) is 0 Å². The first-order chi connectivity index (χ1) is 8.65. The molecule has 0 saturated carbocycles. The number of amides is 1. The number of benzene rings is 1. The summed E-state index contributed by atoms with van der Waals surface area (Å²) in [5.74, 6) is 1.53. The van der Waals surface area contributed by atoms with Crippen LogP contribution < -0.4 is 10.1 Å². The van der Waals surface area contributed by atoms with E-state index in [1.807, 2.05) is 32.0 Å². The van der Waals surface area contributed by atoms with Gasteiger partial charge in [-0.1, -0.05) is 23.9 Å². The molecule has 1 aliphatic heterocycles. The van der Waals surface area contributed by atoms with Crippen LogP contribution in [0.3, 0.4) is 0 Å². The van der Waals surface area contributed by atoms with E-state index in [-0.39, 0.29) is 12.5 Å². The maximum Gasteiger partial charge on any atom is 0.263 e. The molecule has 1 amide bonds. The van der Waals surface area contributed by atoms with Crippen molar-refractivity contribution in [2.45, 2.75) is 13.8 Å². The standard InChI is InChI=1S/C13H16N2O2S/c1-9-3-4-10(2)11(7-9)17-8-12(16)15-13-14-5-6-18-13/h3-4,7H,5-6,8H2,1-2H3,(H,14,15,16). The first-order valence-electron chi connectivity index (χ1n) is 5.82. The second-order valence-electron chi connectivity index (χ2n) is 4.14. The number of thioether (sulfide) groups is 1. The van der Waals surface area contributed by atoms with Crippen molar-refractivity contribution in [2.75, 3.05) is 18.9 Å². The normalized spacial score (nSPS) is 14.2. The molecule has 1 aliphatic rings. The maximum absolute atomic E-state index is 11.6. The van der Waals surface area contributed by atoms with Crippen molar-refractivity contribution in [3.8, 4) is 5.75 Å². The number of aliphatic imine (C=N–C) groups is 1. The van der Waals surface area contributed by atoms with E-state index in [0.717, 1.165) is 29.2 Å². The summed E-state index contributed by atoms with van der Waals surface area (Å²) in [6, 6.07) is 5.94. The predicted molar refractivity (Wildman–Crippen MR) is 74.3 cm³/mol. The second kappa shape index (κ2) is 5.91. The van der Waals surface area contributed by atoms with Gasteiger partial charge in [-0.05, 0) is 31.0 Å². The van der Waals surface area contributed by atoms with Crippen LogP contribution in [-0.4, -0.2) is 30.0 Å². The number of rotatable bonds is 3. The lowest BCUT2D eigenvalue weighted by molar-refractivity contribution is -0.121. The summed E-state index contributed by atoms with van der Waals surface area (Å²) in [6.07, 6.45) is 0. The molecule has 96 valence electrons. The number of carbonyl (C=O) groups excluding carboxylic acids is 1. The molecule has 18 heavy (non-hydrogen) atoms. The minimum Gasteiger partial charge on any atom is -0.483 e. The molecule has 0 fully saturated rings. The van der Waals surface area contributed by atoms with E-state index in [1.54, 1.807) is 11.8 Å². The largest absolute Gasteiger partial charge is 0.483 e. The summed E-state index contributed by atoms with van der Waals surface area (Å²) < 4.78 is 5.51. The summed E-state index contributed by atoms with van der Waals surface area (Å²) in [5.41, 5.74) is 2.15. The third-order valence-electron chi connectivity index (χ3n) is 2.53. The van der Waals surface area contributed by atoms with Crippen LogP contribution in [0, 0.1) is 13.8 Å². The molecule has 1 N–H and O–H groups in total. The Labute approximate surface area is 111 Å². The summed E-state index contributed by atoms with van der Waals surface area (Å²) in [6.45, 7) is 4.75. The molecule has 5 heteroatoms. The molecule has 0 spiro atoms. The van der Waals surface area contributed by atoms with E-state index in [2.05, 4.69) is 10.3 Å². The smallest absolute Gasteiger partial charge is 0.263 e. The Morgan fingerprint density at radius 3 is 3.06 bits per heavy atom. The highest BCUT2D eigenvalue weighted by atomic mass is 32.2. The lowest BCUT2D eigenvalue weighted by atomic mass is 10.1. The molecule has 0 saturated heterocycles. The van der Waals surface area contributed by atoms with Gasteiger partial charge in [-0.2, -0.15) is 0 Å². The van der Waals surface area contributed by atoms with Crippen molar-refractivity contribution >= 4 is 22.8 Å². The quantitative estimate of drug-likeness (QED) is 0.907. The SMILES string of the molecule is Cc1ccc(C)c(OCC(=O)NC2=NCCS2)c1. The topological polar surface area (TPSA) is 50.7 Å². The van der Waals surface area contributed by atoms with Gasteiger partial charge in [-0.3, -0.25) is 9.79 Å². The molecule has 1 heterocycles. The fourth-order valence-corrected chi connectivity index (χ4v) is 2.32. The van der Waals surface area contributed by atoms with Gasteiger partial charge in [0.1, 0.15) is 5.75 Å². The van der Waals surface area contributed by atoms with Gasteiger partial charge < -0.3 is 10.1 Å². The van der Waals surface area contributed by atoms with Gasteiger partial charge in [0.2, 0.25) is 0 Å². The molecule has 0 unspecified atom stereocenters. The Hall–Kier alpha value is -1.49. The number of ether oxygens (including phenoxy) is 1. The van der Waals surface area contributed by atoms with Crippen molar-refractivity contribution in [3.05, 3.63) is 29.3 Å². The van der Waals surface area contributed by atoms with Crippen molar-refractivity contribution in [2.24, 2.45) is 4.99 Å². The van der Waals surface area contributed by atoms with Crippen LogP contribution in [-0.2, 0) is 4.79 Å². The third-order valence-corrected chi connectivity index (χ3v) is 3.43. The Morgan fingerprint density at radius 2 is 2.33 bits per heavy atom. The van der Waals surface area contributed by atoms with Crippen LogP contribution in [0.4, 0.5) is 0 Å². The molecule has 0 bridgehead atoms. The molecular weight excluding hydrogens is 248 g/mol. The van der Waals surface area contributed by atoms with Crippen molar-refractivity contribution in [1.82, 2.24) is 5.32 Å². The van der Waals surface area contributed by atoms with Crippen LogP contribution in [0.15, 0.2) is 23.2 Å². The van der Waals surface area contributed by atoms with Crippen LogP contribution in [0.1, 0.15) is 11.1 Å². The van der Waals surface area contributed by atoms with Crippen LogP contribution in [0.5, 0.6) is 5.75 Å². The number of carbonyl (C=O) groups is 1. The summed E-state index contributed by atoms with van der Waals surface area (Å²) >= 11 is 1.56. The highest BCUT2D eigenvalue weighted by Crippen LogP contribution is 2.18. The molecule has 4 nitrogen and oxygen atoms in total. The predicted octanol–water partition coefficient (Wildman–Crippen LogP) is 1.90. The van der Waals surface area contributed by atoms with Crippen molar-refractivity contribution < 1.29 is 9.53 Å². The highest BCUT2D eigenvalue weighted by Gasteiger charge is 2.11. The molecule has 0 aliphatic carbocycles. The average Bonchev–Trinajstić information content (AvgIpc) is 2.83. The zero-order valence-corrected chi connectivity index (χ0v) is 11.3. The van der Waals surface area contributed by atoms with Crippen LogP contribution in [0.2, 0.25) is 0 Å². The fraction of sp³-hybridized carbons (Fsp3) is 0.385. The van der Waals surface area contributed by atoms with Crippen molar-refractivity contribution in [1.29, 1.82) is 0 Å². The molecular formula is C13H16N2O2S. The van der Waals surface area contributed by atoms with Gasteiger partial charge >= 0.3 is 0 Å². The third kappa shape index (κ3) is 3.50. The van der Waals surface area contributed by atoms with Gasteiger partial charge in [-0.25, -0.2) is 0 Å². The first-order valence-corrected chi connectivity index (χ1v) is 6.81. The van der Waals surface area contributed by atoms with E-state index in [9.17, 15) is 4.79 Å². The van der Waals surface area contributed by atoms with Gasteiger partial charge in [0, 0.05) is 5.75 Å². The number of hydrogen-bond acceptors (Lipinski definition) is 4. The van der Waals surface area contributed by atoms with E-state index < -0.39 is 0 Å². The zero-order chi connectivity index (χ0) is 13.0. The first kappa shape index (κ1) is 13.0. The number of aryl methyl sites for hydroxylation is 2. The Kier molecular flexibility index (Phi) is 4.25. The van der Waals surface area contributed by atoms with Crippen LogP contribution in [0.25, 0.3) is 0 Å². The zero-order valence-electron chi connectivity index (χ0n) is 10.5. The number of nitrogens with zero attached hydrogens (tertiary/aromatic N) is 1. The lowest BCUT2D eigenvalue weighted by Gasteiger charge is -2.09. The van der Waals surface area contributed by atoms with Crippen LogP contribution >= 0.6 is 11.8 Å². The van der Waals surface area contributed by atoms with E-state index in [1.165, 1.54) is 0 Å². The Balaban J connectivity index is 1.87. The highest BCUT2D eigenvalue weighted by molar-refractivity contribution is 8.14. The maximum atomic E-state index is 11.6. The summed E-state index contributed by atoms with van der Waals surface area (Å²) in [7, 11) is 0. The van der Waals surface area contributed by atoms with E-state index in [4.69, 9.17) is 4.74 Å². The Bertz CT molecular complexity index is 486. The molecule has 2 rings (SSSR count). The van der Waals surface area contributed by atoms with E-state index in [0.29, 0.717) is 5.17 Å². The Morgan fingerprint density at radius 1 is 1.50 bits per heavy atom. The number of amidine groups is 1. The summed E-state index contributed by atoms with van der Waals surface area (Å²) in [5, 5.41) is 3.43. The average molecular weight is 264 g/mol. The fourth-order valence-electron chi connectivity index (χ4n) is 1.57. The molecule has 0 radical (unpaired) electrons. The van der Waals surface area contributed by atoms with Gasteiger partial charge in [0.25, 0.3) is 5.91 Å². The van der Waals surface area contributed by atoms with Gasteiger partial charge in [0.05, 0.1) is 6.54 Å².